The van der Waals surface area contributed by atoms with Crippen LogP contribution in [0, 0.1) is 12.7 Å². The van der Waals surface area contributed by atoms with Crippen LogP contribution in [0.3, 0.4) is 0 Å². The first-order valence-corrected chi connectivity index (χ1v) is 15.1. The van der Waals surface area contributed by atoms with E-state index in [4.69, 9.17) is 19.2 Å². The fourth-order valence-electron chi connectivity index (χ4n) is 4.89. The van der Waals surface area contributed by atoms with Crippen molar-refractivity contribution in [2.24, 2.45) is 5.10 Å². The van der Waals surface area contributed by atoms with Crippen molar-refractivity contribution in [3.63, 3.8) is 0 Å². The first-order valence-electron chi connectivity index (χ1n) is 14.3. The first kappa shape index (κ1) is 30.9. The van der Waals surface area contributed by atoms with E-state index in [1.807, 2.05) is 50.2 Å². The SMILES string of the molecule is CCOc1cc(C)c(-c2nc3ccccc3c(=O)n2N=Cc2cc(Br)c(OCc3ccc(F)cc3)c(OC)c2)cc1C(C)C. The number of methoxy groups -OCH3 is 1. The molecule has 5 aromatic rings. The molecule has 5 rings (SSSR count). The largest absolute Gasteiger partial charge is 0.494 e. The Morgan fingerprint density at radius 2 is 1.77 bits per heavy atom. The fraction of sp³-hybridized carbons (Fsp3) is 0.229. The lowest BCUT2D eigenvalue weighted by Gasteiger charge is -2.18. The van der Waals surface area contributed by atoms with Crippen LogP contribution in [-0.4, -0.2) is 29.6 Å². The predicted molar refractivity (Wildman–Crippen MR) is 176 cm³/mol. The second-order valence-electron chi connectivity index (χ2n) is 10.6. The van der Waals surface area contributed by atoms with Crippen LogP contribution in [0.5, 0.6) is 17.2 Å². The van der Waals surface area contributed by atoms with Gasteiger partial charge in [0.05, 0.1) is 35.3 Å². The van der Waals surface area contributed by atoms with Gasteiger partial charge in [0.15, 0.2) is 17.3 Å². The molecule has 0 aliphatic carbocycles. The van der Waals surface area contributed by atoms with Crippen LogP contribution >= 0.6 is 15.9 Å². The molecule has 44 heavy (non-hydrogen) atoms. The number of fused-ring (bicyclic) bond motifs is 1. The Balaban J connectivity index is 1.58. The van der Waals surface area contributed by atoms with Gasteiger partial charge in [-0.15, -0.1) is 0 Å². The lowest BCUT2D eigenvalue weighted by atomic mass is 9.96. The molecule has 0 amide bonds. The Morgan fingerprint density at radius 1 is 1.02 bits per heavy atom. The molecule has 0 saturated heterocycles. The number of hydrogen-bond donors (Lipinski definition) is 0. The summed E-state index contributed by atoms with van der Waals surface area (Å²) in [5.41, 5.74) is 4.51. The highest BCUT2D eigenvalue weighted by molar-refractivity contribution is 9.10. The molecule has 0 fully saturated rings. The molecule has 9 heteroatoms. The highest BCUT2D eigenvalue weighted by atomic mass is 79.9. The Morgan fingerprint density at radius 3 is 2.48 bits per heavy atom. The van der Waals surface area contributed by atoms with E-state index in [2.05, 4.69) is 34.9 Å². The van der Waals surface area contributed by atoms with Gasteiger partial charge >= 0.3 is 0 Å². The molecular weight excluding hydrogens is 625 g/mol. The minimum Gasteiger partial charge on any atom is -0.494 e. The van der Waals surface area contributed by atoms with Gasteiger partial charge in [-0.2, -0.15) is 9.78 Å². The maximum Gasteiger partial charge on any atom is 0.282 e. The van der Waals surface area contributed by atoms with Gasteiger partial charge < -0.3 is 14.2 Å². The minimum atomic E-state index is -0.307. The molecule has 0 N–H and O–H groups in total. The van der Waals surface area contributed by atoms with Crippen molar-refractivity contribution in [1.82, 2.24) is 9.66 Å². The number of aryl methyl sites for hydroxylation is 1. The third kappa shape index (κ3) is 6.53. The van der Waals surface area contributed by atoms with E-state index in [1.54, 1.807) is 37.6 Å². The number of benzene rings is 4. The number of nitrogens with zero attached hydrogens (tertiary/aromatic N) is 3. The summed E-state index contributed by atoms with van der Waals surface area (Å²) < 4.78 is 32.8. The topological polar surface area (TPSA) is 74.9 Å². The van der Waals surface area contributed by atoms with E-state index in [9.17, 15) is 9.18 Å². The monoisotopic (exact) mass is 657 g/mol. The van der Waals surface area contributed by atoms with Crippen molar-refractivity contribution < 1.29 is 18.6 Å². The number of halogens is 2. The summed E-state index contributed by atoms with van der Waals surface area (Å²) >= 11 is 3.58. The molecule has 226 valence electrons. The smallest absolute Gasteiger partial charge is 0.282 e. The quantitative estimate of drug-likeness (QED) is 0.141. The lowest BCUT2D eigenvalue weighted by Crippen LogP contribution is -2.21. The van der Waals surface area contributed by atoms with Crippen molar-refractivity contribution in [1.29, 1.82) is 0 Å². The van der Waals surface area contributed by atoms with Crippen LogP contribution in [-0.2, 0) is 6.61 Å². The number of rotatable bonds is 10. The van der Waals surface area contributed by atoms with E-state index in [1.165, 1.54) is 16.8 Å². The molecule has 0 atom stereocenters. The maximum absolute atomic E-state index is 13.8. The second-order valence-corrected chi connectivity index (χ2v) is 11.4. The Kier molecular flexibility index (Phi) is 9.44. The predicted octanol–water partition coefficient (Wildman–Crippen LogP) is 8.27. The van der Waals surface area contributed by atoms with Gasteiger partial charge in [0, 0.05) is 5.56 Å². The summed E-state index contributed by atoms with van der Waals surface area (Å²) in [6, 6.07) is 21.0. The van der Waals surface area contributed by atoms with Crippen molar-refractivity contribution >= 4 is 33.0 Å². The molecule has 0 radical (unpaired) electrons. The number of aromatic nitrogens is 2. The van der Waals surface area contributed by atoms with E-state index >= 15 is 0 Å². The summed E-state index contributed by atoms with van der Waals surface area (Å²) in [4.78, 5) is 18.7. The van der Waals surface area contributed by atoms with Gasteiger partial charge in [-0.3, -0.25) is 4.79 Å². The first-order chi connectivity index (χ1) is 21.2. The van der Waals surface area contributed by atoms with E-state index in [-0.39, 0.29) is 23.9 Å². The van der Waals surface area contributed by atoms with Crippen molar-refractivity contribution in [2.45, 2.75) is 40.2 Å². The normalized spacial score (nSPS) is 11.5. The van der Waals surface area contributed by atoms with E-state index in [0.717, 1.165) is 28.0 Å². The van der Waals surface area contributed by atoms with Crippen molar-refractivity contribution in [3.8, 4) is 28.6 Å². The highest BCUT2D eigenvalue weighted by Crippen LogP contribution is 2.37. The average molecular weight is 659 g/mol. The molecule has 0 aliphatic heterocycles. The van der Waals surface area contributed by atoms with Gasteiger partial charge in [-0.25, -0.2) is 9.37 Å². The zero-order valence-electron chi connectivity index (χ0n) is 25.2. The van der Waals surface area contributed by atoms with Crippen LogP contribution in [0.4, 0.5) is 4.39 Å². The standard InChI is InChI=1S/C35H33BrFN3O4/c1-6-43-31-15-22(4)28(18-27(31)21(2)3)34-39-30-10-8-7-9-26(30)35(41)40(34)38-19-24-16-29(36)33(32(17-24)42-5)44-20-23-11-13-25(37)14-12-23/h7-19,21H,6,20H2,1-5H3. The molecule has 4 aromatic carbocycles. The molecule has 1 heterocycles. The van der Waals surface area contributed by atoms with Crippen LogP contribution in [0.25, 0.3) is 22.3 Å². The van der Waals surface area contributed by atoms with Gasteiger partial charge in [-0.1, -0.05) is 38.1 Å². The molecule has 1 aromatic heterocycles. The van der Waals surface area contributed by atoms with Gasteiger partial charge in [0.1, 0.15) is 18.2 Å². The van der Waals surface area contributed by atoms with Gasteiger partial charge in [0.25, 0.3) is 5.56 Å². The van der Waals surface area contributed by atoms with Gasteiger partial charge in [0.2, 0.25) is 0 Å². The molecule has 0 bridgehead atoms. The van der Waals surface area contributed by atoms with Gasteiger partial charge in [-0.05, 0) is 106 Å². The molecule has 0 aliphatic rings. The molecule has 0 saturated carbocycles. The molecule has 7 nitrogen and oxygen atoms in total. The lowest BCUT2D eigenvalue weighted by molar-refractivity contribution is 0.282. The Hall–Kier alpha value is -4.50. The summed E-state index contributed by atoms with van der Waals surface area (Å²) in [6.45, 7) is 8.93. The second kappa shape index (κ2) is 13.4. The third-order valence-corrected chi connectivity index (χ3v) is 7.73. The third-order valence-electron chi connectivity index (χ3n) is 7.14. The Bertz CT molecular complexity index is 1900. The van der Waals surface area contributed by atoms with E-state index in [0.29, 0.717) is 44.9 Å². The Labute approximate surface area is 264 Å². The zero-order valence-corrected chi connectivity index (χ0v) is 26.8. The summed E-state index contributed by atoms with van der Waals surface area (Å²) in [6.07, 6.45) is 1.59. The van der Waals surface area contributed by atoms with E-state index < -0.39 is 0 Å². The number of hydrogen-bond acceptors (Lipinski definition) is 6. The van der Waals surface area contributed by atoms with Crippen LogP contribution < -0.4 is 19.8 Å². The number of ether oxygens (including phenoxy) is 3. The van der Waals surface area contributed by atoms with Crippen molar-refractivity contribution in [2.75, 3.05) is 13.7 Å². The molecule has 0 spiro atoms. The van der Waals surface area contributed by atoms with Crippen LogP contribution in [0.1, 0.15) is 48.9 Å². The fourth-order valence-corrected chi connectivity index (χ4v) is 5.47. The van der Waals surface area contributed by atoms with Crippen LogP contribution in [0.2, 0.25) is 0 Å². The molecular formula is C35H33BrFN3O4. The maximum atomic E-state index is 13.8. The van der Waals surface area contributed by atoms with Crippen molar-refractivity contribution in [3.05, 3.63) is 116 Å². The summed E-state index contributed by atoms with van der Waals surface area (Å²) in [5.74, 6) is 2.09. The molecule has 0 unspecified atom stereocenters. The summed E-state index contributed by atoms with van der Waals surface area (Å²) in [5, 5.41) is 5.12. The minimum absolute atomic E-state index is 0.189. The van der Waals surface area contributed by atoms with Crippen LogP contribution in [0.15, 0.2) is 87.2 Å². The highest BCUT2D eigenvalue weighted by Gasteiger charge is 2.19. The summed E-state index contributed by atoms with van der Waals surface area (Å²) in [7, 11) is 1.55. The average Bonchev–Trinajstić information content (AvgIpc) is 3.00. The number of para-hydroxylation sites is 1. The zero-order chi connectivity index (χ0) is 31.4.